The second-order valence-electron chi connectivity index (χ2n) is 7.11. The van der Waals surface area contributed by atoms with Gasteiger partial charge in [0.15, 0.2) is 0 Å². The van der Waals surface area contributed by atoms with Crippen LogP contribution in [0.3, 0.4) is 0 Å². The van der Waals surface area contributed by atoms with Crippen molar-refractivity contribution in [2.45, 2.75) is 44.9 Å². The summed E-state index contributed by atoms with van der Waals surface area (Å²) in [7, 11) is 0. The molecule has 1 aliphatic carbocycles. The minimum absolute atomic E-state index is 0.161. The summed E-state index contributed by atoms with van der Waals surface area (Å²) in [6.45, 7) is 5.80. The van der Waals surface area contributed by atoms with E-state index in [1.54, 1.807) is 6.08 Å². The summed E-state index contributed by atoms with van der Waals surface area (Å²) >= 11 is 0. The molecule has 1 fully saturated rings. The highest BCUT2D eigenvalue weighted by atomic mass is 19.1. The third kappa shape index (κ3) is 4.54. The Morgan fingerprint density at radius 2 is 1.93 bits per heavy atom. The minimum Gasteiger partial charge on any atom is -0.384 e. The van der Waals surface area contributed by atoms with E-state index in [-0.39, 0.29) is 5.82 Å². The Labute approximate surface area is 161 Å². The summed E-state index contributed by atoms with van der Waals surface area (Å²) in [5, 5.41) is 0. The summed E-state index contributed by atoms with van der Waals surface area (Å²) in [6, 6.07) is 14.2. The van der Waals surface area contributed by atoms with Gasteiger partial charge in [0.1, 0.15) is 11.6 Å². The summed E-state index contributed by atoms with van der Waals surface area (Å²) in [6.07, 6.45) is 8.29. The van der Waals surface area contributed by atoms with E-state index in [1.165, 1.54) is 18.2 Å². The summed E-state index contributed by atoms with van der Waals surface area (Å²) in [5.41, 5.74) is 9.96. The lowest BCUT2D eigenvalue weighted by atomic mass is 9.76. The molecule has 0 spiro atoms. The molecule has 2 nitrogen and oxygen atoms in total. The Hall–Kier alpha value is -2.68. The Balaban J connectivity index is 1.90. The number of benzene rings is 2. The van der Waals surface area contributed by atoms with Crippen LogP contribution in [0.1, 0.15) is 54.4 Å². The van der Waals surface area contributed by atoms with Crippen molar-refractivity contribution in [2.24, 2.45) is 10.7 Å². The van der Waals surface area contributed by atoms with Crippen molar-refractivity contribution in [1.29, 1.82) is 0 Å². The summed E-state index contributed by atoms with van der Waals surface area (Å²) in [5.74, 6) is 0.720. The lowest BCUT2D eigenvalue weighted by molar-refractivity contribution is 0.414. The van der Waals surface area contributed by atoms with E-state index in [2.05, 4.69) is 29.8 Å². The van der Waals surface area contributed by atoms with Gasteiger partial charge in [0.2, 0.25) is 0 Å². The summed E-state index contributed by atoms with van der Waals surface area (Å²) < 4.78 is 15.4. The van der Waals surface area contributed by atoms with Gasteiger partial charge in [-0.15, -0.1) is 0 Å². The molecular formula is C24H27FN2. The number of aliphatic imine (C=N–C) groups is 1. The minimum atomic E-state index is -0.161. The third-order valence-corrected chi connectivity index (χ3v) is 5.34. The predicted molar refractivity (Wildman–Crippen MR) is 112 cm³/mol. The molecule has 0 aliphatic heterocycles. The fourth-order valence-corrected chi connectivity index (χ4v) is 3.45. The van der Waals surface area contributed by atoms with Crippen LogP contribution in [-0.4, -0.2) is 6.21 Å². The molecule has 2 N–H and O–H groups in total. The summed E-state index contributed by atoms with van der Waals surface area (Å²) in [4.78, 5) is 4.12. The van der Waals surface area contributed by atoms with Crippen molar-refractivity contribution < 1.29 is 4.39 Å². The largest absolute Gasteiger partial charge is 0.384 e. The van der Waals surface area contributed by atoms with Gasteiger partial charge in [-0.05, 0) is 66.9 Å². The zero-order chi connectivity index (χ0) is 19.2. The number of rotatable bonds is 7. The van der Waals surface area contributed by atoms with Gasteiger partial charge in [0.05, 0.1) is 0 Å². The third-order valence-electron chi connectivity index (χ3n) is 5.34. The lowest BCUT2D eigenvalue weighted by Crippen LogP contribution is -2.14. The maximum atomic E-state index is 15.4. The van der Waals surface area contributed by atoms with Gasteiger partial charge in [-0.1, -0.05) is 55.5 Å². The Morgan fingerprint density at radius 3 is 2.56 bits per heavy atom. The zero-order valence-electron chi connectivity index (χ0n) is 15.9. The molecule has 3 rings (SSSR count). The van der Waals surface area contributed by atoms with Gasteiger partial charge in [-0.25, -0.2) is 9.38 Å². The Kier molecular flexibility index (Phi) is 6.23. The van der Waals surface area contributed by atoms with Crippen molar-refractivity contribution in [1.82, 2.24) is 0 Å². The van der Waals surface area contributed by atoms with E-state index in [4.69, 9.17) is 5.73 Å². The molecule has 0 atom stereocenters. The van der Waals surface area contributed by atoms with Crippen LogP contribution < -0.4 is 5.73 Å². The molecule has 2 aromatic carbocycles. The number of nitrogens with two attached hydrogens (primary N) is 1. The first-order valence-corrected chi connectivity index (χ1v) is 9.60. The average molecular weight is 362 g/mol. The molecule has 3 heteroatoms. The van der Waals surface area contributed by atoms with Gasteiger partial charge >= 0.3 is 0 Å². The van der Waals surface area contributed by atoms with Crippen LogP contribution in [0.2, 0.25) is 0 Å². The Morgan fingerprint density at radius 1 is 1.19 bits per heavy atom. The van der Waals surface area contributed by atoms with Gasteiger partial charge in [-0.3, -0.25) is 0 Å². The predicted octanol–water partition coefficient (Wildman–Crippen LogP) is 5.78. The van der Waals surface area contributed by atoms with Crippen LogP contribution in [0, 0.1) is 5.82 Å². The standard InChI is InChI=1S/C24H27FN2/c1-3-23(26)27-16-17(2)20-14-15-21(19-10-7-11-19)22(24(20)25)13-12-18-8-5-4-6-9-18/h3-6,8-9,14-16,19H,2,7,10-13,26H2,1H3/b23-3-,27-16?. The van der Waals surface area contributed by atoms with Gasteiger partial charge in [0, 0.05) is 11.8 Å². The molecule has 0 unspecified atom stereocenters. The van der Waals surface area contributed by atoms with E-state index < -0.39 is 0 Å². The molecule has 140 valence electrons. The SMILES string of the molecule is C=C(C=N/C(N)=C\C)c1ccc(C2CCC2)c(CCc2ccccc2)c1F. The maximum Gasteiger partial charge on any atom is 0.134 e. The van der Waals surface area contributed by atoms with Crippen LogP contribution in [-0.2, 0) is 12.8 Å². The fourth-order valence-electron chi connectivity index (χ4n) is 3.45. The highest BCUT2D eigenvalue weighted by molar-refractivity contribution is 6.09. The van der Waals surface area contributed by atoms with E-state index in [0.29, 0.717) is 29.3 Å². The normalized spacial score (nSPS) is 15.1. The van der Waals surface area contributed by atoms with Crippen molar-refractivity contribution in [3.8, 4) is 0 Å². The highest BCUT2D eigenvalue weighted by Crippen LogP contribution is 2.40. The van der Waals surface area contributed by atoms with Crippen molar-refractivity contribution in [3.63, 3.8) is 0 Å². The average Bonchev–Trinajstić information content (AvgIpc) is 2.65. The molecule has 0 heterocycles. The molecule has 0 radical (unpaired) electrons. The molecule has 1 saturated carbocycles. The quantitative estimate of drug-likeness (QED) is 0.623. The molecule has 1 aliphatic rings. The number of nitrogens with zero attached hydrogens (tertiary/aromatic N) is 1. The molecule has 0 aromatic heterocycles. The number of hydrogen-bond acceptors (Lipinski definition) is 2. The first kappa shape index (κ1) is 19.1. The molecule has 27 heavy (non-hydrogen) atoms. The second-order valence-corrected chi connectivity index (χ2v) is 7.11. The molecule has 0 saturated heterocycles. The maximum absolute atomic E-state index is 15.4. The van der Waals surface area contributed by atoms with E-state index in [1.807, 2.05) is 31.2 Å². The van der Waals surface area contributed by atoms with Gasteiger partial charge < -0.3 is 5.73 Å². The second kappa shape index (κ2) is 8.81. The lowest BCUT2D eigenvalue weighted by Gasteiger charge is -2.29. The van der Waals surface area contributed by atoms with Crippen LogP contribution in [0.5, 0.6) is 0 Å². The van der Waals surface area contributed by atoms with E-state index in [9.17, 15) is 0 Å². The molecule has 2 aromatic rings. The van der Waals surface area contributed by atoms with Crippen LogP contribution in [0.4, 0.5) is 4.39 Å². The molecular weight excluding hydrogens is 335 g/mol. The number of allylic oxidation sites excluding steroid dienone is 2. The Bertz CT molecular complexity index is 861. The number of hydrogen-bond donors (Lipinski definition) is 1. The highest BCUT2D eigenvalue weighted by Gasteiger charge is 2.25. The fraction of sp³-hybridized carbons (Fsp3) is 0.292. The first-order valence-electron chi connectivity index (χ1n) is 9.60. The molecule has 0 amide bonds. The van der Waals surface area contributed by atoms with Crippen molar-refractivity contribution >= 4 is 11.8 Å². The zero-order valence-corrected chi connectivity index (χ0v) is 15.9. The monoisotopic (exact) mass is 362 g/mol. The number of aryl methyl sites for hydroxylation is 1. The van der Waals surface area contributed by atoms with Crippen LogP contribution in [0.25, 0.3) is 5.57 Å². The van der Waals surface area contributed by atoms with Crippen molar-refractivity contribution in [2.75, 3.05) is 0 Å². The number of halogens is 1. The van der Waals surface area contributed by atoms with E-state index in [0.717, 1.165) is 30.4 Å². The first-order chi connectivity index (χ1) is 13.1. The smallest absolute Gasteiger partial charge is 0.134 e. The van der Waals surface area contributed by atoms with Crippen molar-refractivity contribution in [3.05, 3.63) is 89.0 Å². The molecule has 0 bridgehead atoms. The van der Waals surface area contributed by atoms with Gasteiger partial charge in [0.25, 0.3) is 0 Å². The van der Waals surface area contributed by atoms with Crippen LogP contribution >= 0.6 is 0 Å². The van der Waals surface area contributed by atoms with Gasteiger partial charge in [-0.2, -0.15) is 0 Å². The topological polar surface area (TPSA) is 38.4 Å². The van der Waals surface area contributed by atoms with Crippen LogP contribution in [0.15, 0.2) is 65.9 Å². The van der Waals surface area contributed by atoms with E-state index >= 15 is 4.39 Å².